The highest BCUT2D eigenvalue weighted by Gasteiger charge is 2.02. The Morgan fingerprint density at radius 1 is 1.62 bits per heavy atom. The zero-order valence-electron chi connectivity index (χ0n) is 4.98. The second-order valence-corrected chi connectivity index (χ2v) is 1.70. The van der Waals surface area contributed by atoms with Crippen LogP contribution in [-0.2, 0) is 0 Å². The Balaban J connectivity index is 0.000000490. The number of aliphatic imine (C=N–C) groups is 1. The van der Waals surface area contributed by atoms with Crippen molar-refractivity contribution in [3.8, 4) is 0 Å². The van der Waals surface area contributed by atoms with Gasteiger partial charge in [0.1, 0.15) is 0 Å². The summed E-state index contributed by atoms with van der Waals surface area (Å²) in [7, 11) is 1.83. The molecule has 0 bridgehead atoms. The molecule has 1 aliphatic heterocycles. The minimum Gasteiger partial charge on any atom is -0.374 e. The van der Waals surface area contributed by atoms with Crippen molar-refractivity contribution in [1.82, 2.24) is 5.32 Å². The Morgan fingerprint density at radius 3 is 2.62 bits per heavy atom. The highest BCUT2D eigenvalue weighted by atomic mass is 127. The minimum absolute atomic E-state index is 0. The van der Waals surface area contributed by atoms with Gasteiger partial charge in [0.05, 0.1) is 5.84 Å². The van der Waals surface area contributed by atoms with Crippen LogP contribution >= 0.6 is 24.0 Å². The summed E-state index contributed by atoms with van der Waals surface area (Å²) in [5.74, 6) is 1.17. The van der Waals surface area contributed by atoms with Crippen molar-refractivity contribution in [2.24, 2.45) is 4.99 Å². The van der Waals surface area contributed by atoms with E-state index in [4.69, 9.17) is 0 Å². The molecule has 0 radical (unpaired) electrons. The number of hydrogen-bond acceptors (Lipinski definition) is 1. The number of hydrogen-bond donors (Lipinski definition) is 1. The second kappa shape index (κ2) is 4.12. The summed E-state index contributed by atoms with van der Waals surface area (Å²) in [4.78, 5) is 3.99. The molecule has 48 valence electrons. The smallest absolute Gasteiger partial charge is 0.0960 e. The molecule has 2 nitrogen and oxygen atoms in total. The third kappa shape index (κ3) is 1.98. The first kappa shape index (κ1) is 8.20. The summed E-state index contributed by atoms with van der Waals surface area (Å²) in [5, 5.41) is 3.16. The van der Waals surface area contributed by atoms with Gasteiger partial charge >= 0.3 is 0 Å². The van der Waals surface area contributed by atoms with Crippen LogP contribution in [0.1, 0.15) is 12.8 Å². The fraction of sp³-hybridized carbons (Fsp3) is 0.800. The number of amidine groups is 1. The quantitative estimate of drug-likeness (QED) is 0.612. The highest BCUT2D eigenvalue weighted by Crippen LogP contribution is 1.96. The molecular weight excluding hydrogens is 215 g/mol. The number of nitrogens with one attached hydrogen (secondary N) is 1. The van der Waals surface area contributed by atoms with Crippen LogP contribution in [0.4, 0.5) is 0 Å². The van der Waals surface area contributed by atoms with Crippen LogP contribution < -0.4 is 5.32 Å². The molecule has 1 N–H and O–H groups in total. The lowest BCUT2D eigenvalue weighted by Gasteiger charge is -1.89. The summed E-state index contributed by atoms with van der Waals surface area (Å²) in [5.41, 5.74) is 0. The van der Waals surface area contributed by atoms with Gasteiger partial charge in [-0.05, 0) is 6.42 Å². The molecule has 0 aromatic carbocycles. The van der Waals surface area contributed by atoms with Gasteiger partial charge in [-0.1, -0.05) is 0 Å². The molecule has 1 fully saturated rings. The normalized spacial score (nSPS) is 22.4. The molecule has 0 aromatic heterocycles. The topological polar surface area (TPSA) is 24.4 Å². The van der Waals surface area contributed by atoms with Crippen LogP contribution in [0.25, 0.3) is 0 Å². The Labute approximate surface area is 66.8 Å². The summed E-state index contributed by atoms with van der Waals surface area (Å²) >= 11 is 0. The molecule has 1 heterocycles. The van der Waals surface area contributed by atoms with E-state index >= 15 is 0 Å². The zero-order valence-corrected chi connectivity index (χ0v) is 7.31. The largest absolute Gasteiger partial charge is 0.374 e. The Bertz CT molecular complexity index is 82.4. The van der Waals surface area contributed by atoms with E-state index in [2.05, 4.69) is 10.3 Å². The van der Waals surface area contributed by atoms with E-state index in [0.29, 0.717) is 0 Å². The van der Waals surface area contributed by atoms with Gasteiger partial charge in [0, 0.05) is 20.0 Å². The van der Waals surface area contributed by atoms with Crippen molar-refractivity contribution >= 4 is 29.8 Å². The van der Waals surface area contributed by atoms with Gasteiger partial charge in [0.25, 0.3) is 0 Å². The monoisotopic (exact) mass is 226 g/mol. The van der Waals surface area contributed by atoms with Gasteiger partial charge in [-0.2, -0.15) is 0 Å². The van der Waals surface area contributed by atoms with Crippen LogP contribution in [0.5, 0.6) is 0 Å². The maximum Gasteiger partial charge on any atom is 0.0960 e. The van der Waals surface area contributed by atoms with Crippen molar-refractivity contribution in [2.45, 2.75) is 12.8 Å². The van der Waals surface area contributed by atoms with Crippen molar-refractivity contribution < 1.29 is 0 Å². The van der Waals surface area contributed by atoms with E-state index in [0.717, 1.165) is 13.0 Å². The fourth-order valence-corrected chi connectivity index (χ4v) is 0.768. The van der Waals surface area contributed by atoms with E-state index in [1.165, 1.54) is 12.3 Å². The lowest BCUT2D eigenvalue weighted by molar-refractivity contribution is 0.912. The van der Waals surface area contributed by atoms with Crippen LogP contribution in [0.15, 0.2) is 4.99 Å². The molecular formula is C5H11IN2. The third-order valence-corrected chi connectivity index (χ3v) is 1.19. The predicted molar refractivity (Wildman–Crippen MR) is 46.0 cm³/mol. The minimum atomic E-state index is 0. The van der Waals surface area contributed by atoms with Gasteiger partial charge in [0.15, 0.2) is 0 Å². The van der Waals surface area contributed by atoms with Gasteiger partial charge in [-0.3, -0.25) is 4.99 Å². The second-order valence-electron chi connectivity index (χ2n) is 1.70. The fourth-order valence-electron chi connectivity index (χ4n) is 0.768. The van der Waals surface area contributed by atoms with Crippen molar-refractivity contribution in [2.75, 3.05) is 13.6 Å². The van der Waals surface area contributed by atoms with Crippen molar-refractivity contribution in [1.29, 1.82) is 0 Å². The van der Waals surface area contributed by atoms with E-state index in [-0.39, 0.29) is 24.0 Å². The van der Waals surface area contributed by atoms with Crippen LogP contribution in [0.3, 0.4) is 0 Å². The molecule has 8 heavy (non-hydrogen) atoms. The lowest BCUT2D eigenvalue weighted by Crippen LogP contribution is -2.13. The molecule has 0 saturated carbocycles. The van der Waals surface area contributed by atoms with Crippen LogP contribution in [0, 0.1) is 0 Å². The lowest BCUT2D eigenvalue weighted by atomic mass is 10.4. The molecule has 0 unspecified atom stereocenters. The SMILES string of the molecule is CN=C1CCCN1.I. The van der Waals surface area contributed by atoms with Crippen molar-refractivity contribution in [3.05, 3.63) is 0 Å². The zero-order chi connectivity index (χ0) is 5.11. The Kier molecular flexibility index (Phi) is 4.22. The number of nitrogens with zero attached hydrogens (tertiary/aromatic N) is 1. The maximum absolute atomic E-state index is 3.99. The molecule has 0 atom stereocenters. The summed E-state index contributed by atoms with van der Waals surface area (Å²) in [6, 6.07) is 0. The molecule has 0 aliphatic carbocycles. The molecule has 1 rings (SSSR count). The van der Waals surface area contributed by atoms with E-state index in [9.17, 15) is 0 Å². The van der Waals surface area contributed by atoms with Gasteiger partial charge in [0.2, 0.25) is 0 Å². The van der Waals surface area contributed by atoms with E-state index < -0.39 is 0 Å². The molecule has 1 aliphatic rings. The standard InChI is InChI=1S/C5H10N2.HI/c1-6-5-3-2-4-7-5;/h2-4H2,1H3,(H,6,7);1H. The van der Waals surface area contributed by atoms with E-state index in [1.807, 2.05) is 7.05 Å². The molecule has 0 aromatic rings. The predicted octanol–water partition coefficient (Wildman–Crippen LogP) is 1.02. The van der Waals surface area contributed by atoms with Gasteiger partial charge < -0.3 is 5.32 Å². The first-order chi connectivity index (χ1) is 3.43. The molecule has 1 saturated heterocycles. The Hall–Kier alpha value is 0.200. The maximum atomic E-state index is 3.99. The third-order valence-electron chi connectivity index (χ3n) is 1.19. The molecule has 0 spiro atoms. The number of halogens is 1. The average molecular weight is 226 g/mol. The molecule has 0 amide bonds. The summed E-state index contributed by atoms with van der Waals surface area (Å²) < 4.78 is 0. The van der Waals surface area contributed by atoms with Crippen LogP contribution in [0.2, 0.25) is 0 Å². The molecule has 3 heteroatoms. The van der Waals surface area contributed by atoms with E-state index in [1.54, 1.807) is 0 Å². The van der Waals surface area contributed by atoms with Crippen LogP contribution in [-0.4, -0.2) is 19.4 Å². The first-order valence-corrected chi connectivity index (χ1v) is 2.63. The summed E-state index contributed by atoms with van der Waals surface area (Å²) in [6.07, 6.45) is 2.41. The number of rotatable bonds is 0. The first-order valence-electron chi connectivity index (χ1n) is 2.63. The average Bonchev–Trinajstić information content (AvgIpc) is 2.14. The van der Waals surface area contributed by atoms with Crippen molar-refractivity contribution in [3.63, 3.8) is 0 Å². The Morgan fingerprint density at radius 2 is 2.38 bits per heavy atom. The van der Waals surface area contributed by atoms with Gasteiger partial charge in [-0.25, -0.2) is 0 Å². The van der Waals surface area contributed by atoms with Gasteiger partial charge in [-0.15, -0.1) is 24.0 Å². The highest BCUT2D eigenvalue weighted by molar-refractivity contribution is 14.0. The summed E-state index contributed by atoms with van der Waals surface area (Å²) in [6.45, 7) is 1.12.